The summed E-state index contributed by atoms with van der Waals surface area (Å²) in [4.78, 5) is 26.2. The number of carbonyl (C=O) groups excluding carboxylic acids is 2. The van der Waals surface area contributed by atoms with E-state index in [1.165, 1.54) is 0 Å². The van der Waals surface area contributed by atoms with Crippen molar-refractivity contribution in [1.82, 2.24) is 10.2 Å². The second-order valence-electron chi connectivity index (χ2n) is 5.57. The zero-order valence-electron chi connectivity index (χ0n) is 13.4. The highest BCUT2D eigenvalue weighted by Gasteiger charge is 2.21. The first-order chi connectivity index (χ1) is 10.7. The van der Waals surface area contributed by atoms with Crippen molar-refractivity contribution in [3.63, 3.8) is 0 Å². The monoisotopic (exact) mass is 303 g/mol. The molecule has 120 valence electrons. The van der Waals surface area contributed by atoms with Crippen molar-refractivity contribution in [3.05, 3.63) is 29.8 Å². The van der Waals surface area contributed by atoms with Crippen molar-refractivity contribution in [3.8, 4) is 0 Å². The minimum Gasteiger partial charge on any atom is -0.339 e. The van der Waals surface area contributed by atoms with Gasteiger partial charge in [0, 0.05) is 30.3 Å². The quantitative estimate of drug-likeness (QED) is 0.876. The minimum atomic E-state index is 0.0289. The van der Waals surface area contributed by atoms with Gasteiger partial charge in [-0.3, -0.25) is 9.59 Å². The van der Waals surface area contributed by atoms with Gasteiger partial charge in [0.05, 0.1) is 0 Å². The Balaban J connectivity index is 1.96. The number of hydrogen-bond acceptors (Lipinski definition) is 3. The van der Waals surface area contributed by atoms with Crippen LogP contribution in [0.25, 0.3) is 0 Å². The zero-order valence-corrected chi connectivity index (χ0v) is 13.4. The molecule has 0 saturated carbocycles. The Morgan fingerprint density at radius 2 is 1.73 bits per heavy atom. The fourth-order valence-electron chi connectivity index (χ4n) is 2.72. The third kappa shape index (κ3) is 4.07. The van der Waals surface area contributed by atoms with E-state index in [4.69, 9.17) is 0 Å². The van der Waals surface area contributed by atoms with Crippen LogP contribution in [0.2, 0.25) is 0 Å². The molecule has 2 N–H and O–H groups in total. The Morgan fingerprint density at radius 1 is 1.14 bits per heavy atom. The number of amides is 2. The van der Waals surface area contributed by atoms with Crippen molar-refractivity contribution >= 4 is 17.5 Å². The van der Waals surface area contributed by atoms with Crippen LogP contribution in [-0.4, -0.2) is 42.9 Å². The molecule has 1 aromatic carbocycles. The lowest BCUT2D eigenvalue weighted by Gasteiger charge is -2.22. The molecule has 0 atom stereocenters. The van der Waals surface area contributed by atoms with Crippen LogP contribution in [0.1, 0.15) is 37.0 Å². The van der Waals surface area contributed by atoms with Crippen molar-refractivity contribution < 1.29 is 9.59 Å². The van der Waals surface area contributed by atoms with E-state index < -0.39 is 0 Å². The van der Waals surface area contributed by atoms with Crippen LogP contribution in [-0.2, 0) is 4.79 Å². The molecule has 0 radical (unpaired) electrons. The Labute approximate surface area is 132 Å². The van der Waals surface area contributed by atoms with Gasteiger partial charge in [-0.15, -0.1) is 0 Å². The molecule has 0 spiro atoms. The molecule has 2 rings (SSSR count). The lowest BCUT2D eigenvalue weighted by molar-refractivity contribution is -0.120. The average molecular weight is 303 g/mol. The molecule has 1 aliphatic rings. The van der Waals surface area contributed by atoms with Crippen molar-refractivity contribution in [2.45, 2.75) is 26.7 Å². The van der Waals surface area contributed by atoms with Crippen LogP contribution in [0.3, 0.4) is 0 Å². The van der Waals surface area contributed by atoms with Crippen LogP contribution in [0.15, 0.2) is 24.3 Å². The molecule has 1 heterocycles. The smallest absolute Gasteiger partial charge is 0.253 e. The highest BCUT2D eigenvalue weighted by molar-refractivity contribution is 5.96. The molecule has 0 aliphatic carbocycles. The molecule has 1 fully saturated rings. The summed E-state index contributed by atoms with van der Waals surface area (Å²) in [6.07, 6.45) is 1.76. The second kappa shape index (κ2) is 7.94. The van der Waals surface area contributed by atoms with E-state index in [-0.39, 0.29) is 17.7 Å². The molecule has 0 unspecified atom stereocenters. The minimum absolute atomic E-state index is 0.0289. The predicted molar refractivity (Wildman–Crippen MR) is 87.9 cm³/mol. The van der Waals surface area contributed by atoms with E-state index in [9.17, 15) is 9.59 Å². The summed E-state index contributed by atoms with van der Waals surface area (Å²) in [6, 6.07) is 7.16. The first-order valence-electron chi connectivity index (χ1n) is 8.06. The van der Waals surface area contributed by atoms with Gasteiger partial charge >= 0.3 is 0 Å². The molecule has 1 saturated heterocycles. The third-order valence-electron chi connectivity index (χ3n) is 4.16. The average Bonchev–Trinajstić information content (AvgIpc) is 2.57. The summed E-state index contributed by atoms with van der Waals surface area (Å²) >= 11 is 0. The first-order valence-corrected chi connectivity index (χ1v) is 8.06. The maximum absolute atomic E-state index is 12.2. The van der Waals surface area contributed by atoms with Crippen LogP contribution in [0.5, 0.6) is 0 Å². The summed E-state index contributed by atoms with van der Waals surface area (Å²) < 4.78 is 0. The Morgan fingerprint density at radius 3 is 2.27 bits per heavy atom. The Bertz CT molecular complexity index is 503. The van der Waals surface area contributed by atoms with Gasteiger partial charge in [-0.1, -0.05) is 0 Å². The lowest BCUT2D eigenvalue weighted by Crippen LogP contribution is -2.34. The molecule has 0 aromatic heterocycles. The topological polar surface area (TPSA) is 61.4 Å². The van der Waals surface area contributed by atoms with Gasteiger partial charge in [0.15, 0.2) is 0 Å². The number of benzene rings is 1. The van der Waals surface area contributed by atoms with E-state index >= 15 is 0 Å². The molecule has 5 nitrogen and oxygen atoms in total. The number of nitrogens with zero attached hydrogens (tertiary/aromatic N) is 1. The number of hydrogen-bond donors (Lipinski definition) is 2. The summed E-state index contributed by atoms with van der Waals surface area (Å²) in [5, 5.41) is 6.20. The molecular weight excluding hydrogens is 278 g/mol. The Kier molecular flexibility index (Phi) is 5.95. The summed E-state index contributed by atoms with van der Waals surface area (Å²) in [5.74, 6) is 0.184. The molecule has 5 heteroatoms. The fourth-order valence-corrected chi connectivity index (χ4v) is 2.72. The SMILES string of the molecule is CCN(CC)C(=O)c1ccc(NC(=O)C2CCNCC2)cc1. The van der Waals surface area contributed by atoms with Crippen LogP contribution in [0, 0.1) is 5.92 Å². The van der Waals surface area contributed by atoms with Gasteiger partial charge in [-0.25, -0.2) is 0 Å². The van der Waals surface area contributed by atoms with Crippen molar-refractivity contribution in [2.75, 3.05) is 31.5 Å². The Hall–Kier alpha value is -1.88. The first kappa shape index (κ1) is 16.5. The van der Waals surface area contributed by atoms with Crippen LogP contribution in [0.4, 0.5) is 5.69 Å². The van der Waals surface area contributed by atoms with Gasteiger partial charge in [-0.2, -0.15) is 0 Å². The number of nitrogens with one attached hydrogen (secondary N) is 2. The summed E-state index contributed by atoms with van der Waals surface area (Å²) in [7, 11) is 0. The molecule has 1 aliphatic heterocycles. The molecule has 1 aromatic rings. The third-order valence-corrected chi connectivity index (χ3v) is 4.16. The highest BCUT2D eigenvalue weighted by atomic mass is 16.2. The van der Waals surface area contributed by atoms with Crippen LogP contribution >= 0.6 is 0 Å². The van der Waals surface area contributed by atoms with Crippen LogP contribution < -0.4 is 10.6 Å². The van der Waals surface area contributed by atoms with Crippen molar-refractivity contribution in [2.24, 2.45) is 5.92 Å². The number of anilines is 1. The number of piperidine rings is 1. The highest BCUT2D eigenvalue weighted by Crippen LogP contribution is 2.16. The molecule has 0 bridgehead atoms. The van der Waals surface area contributed by atoms with Gasteiger partial charge < -0.3 is 15.5 Å². The summed E-state index contributed by atoms with van der Waals surface area (Å²) in [5.41, 5.74) is 1.41. The lowest BCUT2D eigenvalue weighted by atomic mass is 9.97. The standard InChI is InChI=1S/C17H25N3O2/c1-3-20(4-2)17(22)14-5-7-15(8-6-14)19-16(21)13-9-11-18-12-10-13/h5-8,13,18H,3-4,9-12H2,1-2H3,(H,19,21). The maximum Gasteiger partial charge on any atom is 0.253 e. The molecule has 2 amide bonds. The second-order valence-corrected chi connectivity index (χ2v) is 5.57. The van der Waals surface area contributed by atoms with Gasteiger partial charge in [0.2, 0.25) is 5.91 Å². The largest absolute Gasteiger partial charge is 0.339 e. The normalized spacial score (nSPS) is 15.4. The predicted octanol–water partition coefficient (Wildman–Crippen LogP) is 2.11. The van der Waals surface area contributed by atoms with Gasteiger partial charge in [0.25, 0.3) is 5.91 Å². The summed E-state index contributed by atoms with van der Waals surface area (Å²) in [6.45, 7) is 7.13. The van der Waals surface area contributed by atoms with E-state index in [2.05, 4.69) is 10.6 Å². The van der Waals surface area contributed by atoms with E-state index in [1.807, 2.05) is 13.8 Å². The zero-order chi connectivity index (χ0) is 15.9. The number of rotatable bonds is 5. The maximum atomic E-state index is 12.2. The van der Waals surface area contributed by atoms with Crippen molar-refractivity contribution in [1.29, 1.82) is 0 Å². The molecule has 22 heavy (non-hydrogen) atoms. The fraction of sp³-hybridized carbons (Fsp3) is 0.529. The number of carbonyl (C=O) groups is 2. The molecular formula is C17H25N3O2. The van der Waals surface area contributed by atoms with E-state index in [1.54, 1.807) is 29.2 Å². The van der Waals surface area contributed by atoms with E-state index in [0.29, 0.717) is 18.7 Å². The van der Waals surface area contributed by atoms with E-state index in [0.717, 1.165) is 31.6 Å². The van der Waals surface area contributed by atoms with Gasteiger partial charge in [-0.05, 0) is 64.0 Å². The van der Waals surface area contributed by atoms with Gasteiger partial charge in [0.1, 0.15) is 0 Å².